The molecule has 3 nitrogen and oxygen atoms in total. The first-order chi connectivity index (χ1) is 8.88. The second-order valence-corrected chi connectivity index (χ2v) is 6.53. The van der Waals surface area contributed by atoms with Crippen LogP contribution in [0.1, 0.15) is 60.5 Å². The summed E-state index contributed by atoms with van der Waals surface area (Å²) in [6, 6.07) is 0.452. The summed E-state index contributed by atoms with van der Waals surface area (Å²) in [6.07, 6.45) is 9.54. The van der Waals surface area contributed by atoms with E-state index in [0.29, 0.717) is 11.3 Å². The van der Waals surface area contributed by atoms with Crippen molar-refractivity contribution in [1.29, 1.82) is 0 Å². The Morgan fingerprint density at radius 2 is 2.22 bits per heavy atom. The lowest BCUT2D eigenvalue weighted by atomic mass is 10.1. The van der Waals surface area contributed by atoms with Gasteiger partial charge in [0, 0.05) is 23.5 Å². The van der Waals surface area contributed by atoms with Crippen molar-refractivity contribution < 1.29 is 0 Å². The predicted molar refractivity (Wildman–Crippen MR) is 75.8 cm³/mol. The molecule has 1 aliphatic heterocycles. The van der Waals surface area contributed by atoms with Gasteiger partial charge in [0.1, 0.15) is 5.82 Å². The molecule has 1 aromatic heterocycles. The maximum atomic E-state index is 4.88. The monoisotopic (exact) mass is 263 g/mol. The normalized spacial score (nSPS) is 27.8. The quantitative estimate of drug-likeness (QED) is 0.832. The molecule has 0 amide bonds. The highest BCUT2D eigenvalue weighted by atomic mass is 32.2. The summed E-state index contributed by atoms with van der Waals surface area (Å²) in [5.74, 6) is 2.34. The summed E-state index contributed by atoms with van der Waals surface area (Å²) in [6.45, 7) is 0. The Labute approximate surface area is 113 Å². The highest BCUT2D eigenvalue weighted by Crippen LogP contribution is 2.38. The van der Waals surface area contributed by atoms with Gasteiger partial charge in [0.2, 0.25) is 0 Å². The number of rotatable bonds is 2. The van der Waals surface area contributed by atoms with Gasteiger partial charge in [-0.15, -0.1) is 0 Å². The fourth-order valence-corrected chi connectivity index (χ4v) is 4.18. The van der Waals surface area contributed by atoms with Crippen molar-refractivity contribution in [2.75, 3.05) is 12.8 Å². The number of fused-ring (bicyclic) bond motifs is 1. The van der Waals surface area contributed by atoms with Gasteiger partial charge in [-0.05, 0) is 44.9 Å². The highest BCUT2D eigenvalue weighted by Gasteiger charge is 2.24. The lowest BCUT2D eigenvalue weighted by Gasteiger charge is -2.17. The van der Waals surface area contributed by atoms with Gasteiger partial charge in [-0.3, -0.25) is 0 Å². The molecule has 0 saturated carbocycles. The Balaban J connectivity index is 1.91. The van der Waals surface area contributed by atoms with Gasteiger partial charge in [-0.25, -0.2) is 9.97 Å². The van der Waals surface area contributed by atoms with Gasteiger partial charge >= 0.3 is 0 Å². The third-order valence-corrected chi connectivity index (χ3v) is 5.39. The van der Waals surface area contributed by atoms with E-state index in [0.717, 1.165) is 12.2 Å². The summed E-state index contributed by atoms with van der Waals surface area (Å²) < 4.78 is 0. The largest absolute Gasteiger partial charge is 0.313 e. The van der Waals surface area contributed by atoms with Crippen LogP contribution < -0.4 is 5.32 Å². The van der Waals surface area contributed by atoms with Crippen molar-refractivity contribution >= 4 is 11.8 Å². The molecule has 0 spiro atoms. The van der Waals surface area contributed by atoms with Crippen LogP contribution in [-0.2, 0) is 6.42 Å². The lowest BCUT2D eigenvalue weighted by Crippen LogP contribution is -2.18. The van der Waals surface area contributed by atoms with Gasteiger partial charge in [-0.2, -0.15) is 11.8 Å². The summed E-state index contributed by atoms with van der Waals surface area (Å²) >= 11 is 2.02. The summed E-state index contributed by atoms with van der Waals surface area (Å²) in [4.78, 5) is 9.52. The summed E-state index contributed by atoms with van der Waals surface area (Å²) in [7, 11) is 2.04. The minimum Gasteiger partial charge on any atom is -0.313 e. The van der Waals surface area contributed by atoms with E-state index in [9.17, 15) is 0 Å². The van der Waals surface area contributed by atoms with Crippen molar-refractivity contribution in [2.45, 2.75) is 49.8 Å². The molecule has 1 aromatic rings. The minimum atomic E-state index is 0.452. The van der Waals surface area contributed by atoms with Crippen LogP contribution >= 0.6 is 11.8 Å². The van der Waals surface area contributed by atoms with Gasteiger partial charge in [0.15, 0.2) is 0 Å². The molecule has 2 unspecified atom stereocenters. The molecule has 1 saturated heterocycles. The molecule has 0 aromatic carbocycles. The van der Waals surface area contributed by atoms with Crippen molar-refractivity contribution in [2.24, 2.45) is 0 Å². The Morgan fingerprint density at radius 3 is 3.00 bits per heavy atom. The molecule has 18 heavy (non-hydrogen) atoms. The summed E-state index contributed by atoms with van der Waals surface area (Å²) in [5, 5.41) is 3.95. The number of hydrogen-bond acceptors (Lipinski definition) is 4. The molecule has 3 rings (SSSR count). The number of aromatic nitrogens is 2. The average molecular weight is 263 g/mol. The Bertz CT molecular complexity index is 416. The van der Waals surface area contributed by atoms with Crippen molar-refractivity contribution in [3.05, 3.63) is 23.3 Å². The molecule has 0 bridgehead atoms. The third-order valence-electron chi connectivity index (χ3n) is 4.02. The topological polar surface area (TPSA) is 37.8 Å². The third kappa shape index (κ3) is 2.41. The molecule has 1 fully saturated rings. The van der Waals surface area contributed by atoms with E-state index in [2.05, 4.69) is 16.5 Å². The highest BCUT2D eigenvalue weighted by molar-refractivity contribution is 7.99. The van der Waals surface area contributed by atoms with Crippen LogP contribution in [0.15, 0.2) is 6.20 Å². The van der Waals surface area contributed by atoms with Crippen molar-refractivity contribution in [3.63, 3.8) is 0 Å². The molecule has 0 radical (unpaired) electrons. The van der Waals surface area contributed by atoms with Gasteiger partial charge in [-0.1, -0.05) is 6.42 Å². The average Bonchev–Trinajstić information content (AvgIpc) is 2.86. The zero-order chi connectivity index (χ0) is 12.4. The molecule has 98 valence electrons. The zero-order valence-electron chi connectivity index (χ0n) is 11.0. The molecular formula is C14H21N3S. The Kier molecular flexibility index (Phi) is 3.85. The molecule has 4 heteroatoms. The van der Waals surface area contributed by atoms with Crippen LogP contribution in [-0.4, -0.2) is 22.8 Å². The smallest absolute Gasteiger partial charge is 0.141 e. The van der Waals surface area contributed by atoms with Crippen LogP contribution in [0.5, 0.6) is 0 Å². The maximum absolute atomic E-state index is 4.88. The molecule has 2 atom stereocenters. The second-order valence-electron chi connectivity index (χ2n) is 5.22. The summed E-state index contributed by atoms with van der Waals surface area (Å²) in [5.41, 5.74) is 2.63. The molecule has 1 N–H and O–H groups in total. The number of nitrogens with one attached hydrogen (secondary N) is 1. The first-order valence-electron chi connectivity index (χ1n) is 7.03. The van der Waals surface area contributed by atoms with E-state index in [1.807, 2.05) is 18.8 Å². The van der Waals surface area contributed by atoms with E-state index < -0.39 is 0 Å². The fraction of sp³-hybridized carbons (Fsp3) is 0.714. The second kappa shape index (κ2) is 5.57. The van der Waals surface area contributed by atoms with Gasteiger partial charge in [0.25, 0.3) is 0 Å². The standard InChI is InChI=1S/C14H21N3S/c1-15-11-5-2-3-6-12-10(11)9-16-14(17-12)13-7-4-8-18-13/h9,11,13,15H,2-8H2,1H3. The van der Waals surface area contributed by atoms with Gasteiger partial charge in [0.05, 0.1) is 5.25 Å². The minimum absolute atomic E-state index is 0.452. The van der Waals surface area contributed by atoms with E-state index in [1.54, 1.807) is 0 Å². The SMILES string of the molecule is CNC1CCCCc2nc(C3CCCS3)ncc21. The first-order valence-corrected chi connectivity index (χ1v) is 8.08. The van der Waals surface area contributed by atoms with E-state index in [-0.39, 0.29) is 0 Å². The fourth-order valence-electron chi connectivity index (χ4n) is 2.97. The number of nitrogens with zero attached hydrogens (tertiary/aromatic N) is 2. The molecule has 2 aliphatic rings. The van der Waals surface area contributed by atoms with Crippen LogP contribution in [0.3, 0.4) is 0 Å². The van der Waals surface area contributed by atoms with Crippen LogP contribution in [0.25, 0.3) is 0 Å². The van der Waals surface area contributed by atoms with E-state index in [1.165, 1.54) is 49.1 Å². The van der Waals surface area contributed by atoms with E-state index in [4.69, 9.17) is 4.98 Å². The molecule has 1 aliphatic carbocycles. The van der Waals surface area contributed by atoms with Gasteiger partial charge < -0.3 is 5.32 Å². The number of aryl methyl sites for hydroxylation is 1. The van der Waals surface area contributed by atoms with E-state index >= 15 is 0 Å². The first kappa shape index (κ1) is 12.4. The van der Waals surface area contributed by atoms with Crippen LogP contribution in [0.2, 0.25) is 0 Å². The lowest BCUT2D eigenvalue weighted by molar-refractivity contribution is 0.531. The zero-order valence-corrected chi connectivity index (χ0v) is 11.8. The molecular weight excluding hydrogens is 242 g/mol. The van der Waals surface area contributed by atoms with Crippen LogP contribution in [0.4, 0.5) is 0 Å². The number of hydrogen-bond donors (Lipinski definition) is 1. The number of thioether (sulfide) groups is 1. The molecule has 2 heterocycles. The van der Waals surface area contributed by atoms with Crippen LogP contribution in [0, 0.1) is 0 Å². The van der Waals surface area contributed by atoms with Crippen molar-refractivity contribution in [1.82, 2.24) is 15.3 Å². The predicted octanol–water partition coefficient (Wildman–Crippen LogP) is 3.03. The Morgan fingerprint density at radius 1 is 1.28 bits per heavy atom. The van der Waals surface area contributed by atoms with Crippen molar-refractivity contribution in [3.8, 4) is 0 Å². The Hall–Kier alpha value is -0.610. The maximum Gasteiger partial charge on any atom is 0.141 e.